The van der Waals surface area contributed by atoms with Crippen LogP contribution in [0.25, 0.3) is 22.3 Å². The van der Waals surface area contributed by atoms with E-state index < -0.39 is 31.1 Å². The fourth-order valence-electron chi connectivity index (χ4n) is 3.25. The molecule has 0 radical (unpaired) electrons. The Morgan fingerprint density at radius 1 is 1.26 bits per heavy atom. The monoisotopic (exact) mass is 391 g/mol. The largest absolute Gasteiger partial charge is 0.394 e. The van der Waals surface area contributed by atoms with Gasteiger partial charge in [0.25, 0.3) is 0 Å². The van der Waals surface area contributed by atoms with E-state index in [2.05, 4.69) is 15.1 Å². The van der Waals surface area contributed by atoms with Gasteiger partial charge in [-0.2, -0.15) is 5.10 Å². The normalized spacial score (nSPS) is 25.4. The maximum Gasteiger partial charge on any atom is 0.181 e. The summed E-state index contributed by atoms with van der Waals surface area (Å²) >= 11 is 6.11. The summed E-state index contributed by atoms with van der Waals surface area (Å²) in [4.78, 5) is 8.26. The number of aryl methyl sites for hydroxylation is 1. The van der Waals surface area contributed by atoms with Gasteiger partial charge < -0.3 is 25.8 Å². The first-order valence-electron chi connectivity index (χ1n) is 8.30. The van der Waals surface area contributed by atoms with Gasteiger partial charge in [0.1, 0.15) is 36.2 Å². The van der Waals surface area contributed by atoms with Crippen molar-refractivity contribution in [2.45, 2.75) is 31.5 Å². The number of nitrogen functional groups attached to an aromatic ring is 1. The van der Waals surface area contributed by atoms with Crippen LogP contribution in [-0.4, -0.2) is 60.0 Å². The van der Waals surface area contributed by atoms with Crippen molar-refractivity contribution < 1.29 is 20.1 Å². The Hall–Kier alpha value is -2.30. The van der Waals surface area contributed by atoms with E-state index in [0.29, 0.717) is 21.7 Å². The summed E-state index contributed by atoms with van der Waals surface area (Å²) in [5.41, 5.74) is 8.52. The van der Waals surface area contributed by atoms with Gasteiger partial charge in [0, 0.05) is 10.6 Å². The third kappa shape index (κ3) is 2.84. The number of anilines is 1. The summed E-state index contributed by atoms with van der Waals surface area (Å²) in [6, 6.07) is 5.41. The zero-order chi connectivity index (χ0) is 19.3. The van der Waals surface area contributed by atoms with Gasteiger partial charge in [-0.05, 0) is 24.6 Å². The molecule has 2 aromatic heterocycles. The summed E-state index contributed by atoms with van der Waals surface area (Å²) in [5.74, 6) is 0.223. The lowest BCUT2D eigenvalue weighted by Gasteiger charge is -2.15. The number of fused-ring (bicyclic) bond motifs is 1. The van der Waals surface area contributed by atoms with E-state index in [-0.39, 0.29) is 5.82 Å². The lowest BCUT2D eigenvalue weighted by Crippen LogP contribution is -2.33. The molecule has 27 heavy (non-hydrogen) atoms. The fraction of sp³-hybridized carbons (Fsp3) is 0.353. The Labute approximate surface area is 159 Å². The van der Waals surface area contributed by atoms with Crippen LogP contribution in [-0.2, 0) is 4.74 Å². The van der Waals surface area contributed by atoms with Gasteiger partial charge >= 0.3 is 0 Å². The second-order valence-electron chi connectivity index (χ2n) is 6.44. The van der Waals surface area contributed by atoms with Crippen molar-refractivity contribution in [1.29, 1.82) is 0 Å². The van der Waals surface area contributed by atoms with Gasteiger partial charge in [-0.1, -0.05) is 17.7 Å². The molecule has 4 rings (SSSR count). The highest BCUT2D eigenvalue weighted by molar-refractivity contribution is 6.31. The third-order valence-corrected chi connectivity index (χ3v) is 5.13. The molecule has 5 N–H and O–H groups in total. The van der Waals surface area contributed by atoms with Crippen LogP contribution in [0.1, 0.15) is 11.8 Å². The number of halogens is 1. The van der Waals surface area contributed by atoms with E-state index in [1.54, 1.807) is 12.1 Å². The molecule has 3 aromatic rings. The second kappa shape index (κ2) is 6.70. The van der Waals surface area contributed by atoms with Crippen molar-refractivity contribution in [1.82, 2.24) is 19.7 Å². The molecule has 0 saturated carbocycles. The minimum atomic E-state index is -1.29. The predicted octanol–water partition coefficient (Wildman–Crippen LogP) is 0.649. The fourth-order valence-corrected chi connectivity index (χ4v) is 3.37. The van der Waals surface area contributed by atoms with Crippen molar-refractivity contribution in [2.24, 2.45) is 0 Å². The highest BCUT2D eigenvalue weighted by Gasteiger charge is 2.44. The molecule has 10 heteroatoms. The number of hydrogen-bond acceptors (Lipinski definition) is 8. The van der Waals surface area contributed by atoms with Crippen LogP contribution in [0.3, 0.4) is 0 Å². The number of benzene rings is 1. The number of aliphatic hydroxyl groups excluding tert-OH is 3. The molecule has 0 unspecified atom stereocenters. The van der Waals surface area contributed by atoms with E-state index in [1.807, 2.05) is 13.0 Å². The van der Waals surface area contributed by atoms with E-state index in [4.69, 9.17) is 22.1 Å². The number of ether oxygens (including phenoxy) is 1. The summed E-state index contributed by atoms with van der Waals surface area (Å²) < 4.78 is 6.95. The molecule has 1 aromatic carbocycles. The van der Waals surface area contributed by atoms with Crippen molar-refractivity contribution in [3.05, 3.63) is 35.1 Å². The molecule has 4 atom stereocenters. The SMILES string of the molecule is Cc1cc(-c2nn([C@@H]3O[C@H](CO)[C@@H](O)[C@H]3O)c3ncnc(N)c23)ccc1Cl. The molecule has 1 aliphatic rings. The number of aromatic nitrogens is 4. The average molecular weight is 392 g/mol. The summed E-state index contributed by atoms with van der Waals surface area (Å²) in [7, 11) is 0. The highest BCUT2D eigenvalue weighted by atomic mass is 35.5. The summed E-state index contributed by atoms with van der Waals surface area (Å²) in [6.45, 7) is 1.44. The van der Waals surface area contributed by atoms with Crippen LogP contribution < -0.4 is 5.73 Å². The quantitative estimate of drug-likeness (QED) is 0.510. The van der Waals surface area contributed by atoms with Crippen LogP contribution in [0.4, 0.5) is 5.82 Å². The number of rotatable bonds is 3. The topological polar surface area (TPSA) is 140 Å². The summed E-state index contributed by atoms with van der Waals surface area (Å²) in [6.07, 6.45) is -3.21. The molecule has 3 heterocycles. The lowest BCUT2D eigenvalue weighted by atomic mass is 10.1. The molecule has 1 fully saturated rings. The Morgan fingerprint density at radius 2 is 2.04 bits per heavy atom. The van der Waals surface area contributed by atoms with Crippen molar-refractivity contribution in [3.8, 4) is 11.3 Å². The van der Waals surface area contributed by atoms with Crippen LogP contribution in [0.2, 0.25) is 5.02 Å². The van der Waals surface area contributed by atoms with Crippen LogP contribution in [0.15, 0.2) is 24.5 Å². The molecule has 0 amide bonds. The van der Waals surface area contributed by atoms with Crippen LogP contribution in [0, 0.1) is 6.92 Å². The first kappa shape index (κ1) is 18.1. The number of aliphatic hydroxyl groups is 3. The second-order valence-corrected chi connectivity index (χ2v) is 6.85. The van der Waals surface area contributed by atoms with Crippen molar-refractivity contribution in [2.75, 3.05) is 12.3 Å². The van der Waals surface area contributed by atoms with E-state index >= 15 is 0 Å². The van der Waals surface area contributed by atoms with Gasteiger partial charge in [0.2, 0.25) is 0 Å². The highest BCUT2D eigenvalue weighted by Crippen LogP contribution is 2.36. The average Bonchev–Trinajstić information content (AvgIpc) is 3.17. The van der Waals surface area contributed by atoms with Gasteiger partial charge in [-0.25, -0.2) is 14.6 Å². The lowest BCUT2D eigenvalue weighted by molar-refractivity contribution is -0.0565. The smallest absolute Gasteiger partial charge is 0.181 e. The van der Waals surface area contributed by atoms with Crippen LogP contribution in [0.5, 0.6) is 0 Å². The molecule has 1 saturated heterocycles. The predicted molar refractivity (Wildman–Crippen MR) is 97.9 cm³/mol. The molecule has 0 aliphatic carbocycles. The first-order chi connectivity index (χ1) is 12.9. The van der Waals surface area contributed by atoms with E-state index in [1.165, 1.54) is 11.0 Å². The zero-order valence-electron chi connectivity index (χ0n) is 14.3. The molecule has 0 spiro atoms. The number of nitrogens with two attached hydrogens (primary N) is 1. The maximum absolute atomic E-state index is 10.4. The Bertz CT molecular complexity index is 1010. The van der Waals surface area contributed by atoms with Gasteiger partial charge in [0.05, 0.1) is 12.0 Å². The molecular formula is C17H18ClN5O4. The zero-order valence-corrected chi connectivity index (χ0v) is 15.1. The molecule has 0 bridgehead atoms. The van der Waals surface area contributed by atoms with Gasteiger partial charge in [0.15, 0.2) is 11.9 Å². The Morgan fingerprint density at radius 3 is 2.70 bits per heavy atom. The van der Waals surface area contributed by atoms with E-state index in [9.17, 15) is 15.3 Å². The third-order valence-electron chi connectivity index (χ3n) is 4.71. The molecule has 142 valence electrons. The van der Waals surface area contributed by atoms with Crippen LogP contribution >= 0.6 is 11.6 Å². The standard InChI is InChI=1S/C17H18ClN5O4/c1-7-4-8(2-3-9(7)18)12-11-15(19)20-6-21-16(11)23(22-12)17-14(26)13(25)10(5-24)27-17/h2-4,6,10,13-14,17,24-26H,5H2,1H3,(H2,19,20,21)/t10-,13-,14-,17-/m1/s1. The minimum absolute atomic E-state index is 0.223. The summed E-state index contributed by atoms with van der Waals surface area (Å²) in [5, 5.41) is 35.4. The first-order valence-corrected chi connectivity index (χ1v) is 8.67. The van der Waals surface area contributed by atoms with E-state index in [0.717, 1.165) is 11.1 Å². The number of nitrogens with zero attached hydrogens (tertiary/aromatic N) is 4. The minimum Gasteiger partial charge on any atom is -0.394 e. The maximum atomic E-state index is 10.4. The van der Waals surface area contributed by atoms with Gasteiger partial charge in [-0.15, -0.1) is 0 Å². The molecule has 9 nitrogen and oxygen atoms in total. The van der Waals surface area contributed by atoms with Gasteiger partial charge in [-0.3, -0.25) is 0 Å². The Balaban J connectivity index is 1.91. The van der Waals surface area contributed by atoms with Crippen molar-refractivity contribution in [3.63, 3.8) is 0 Å². The molecule has 1 aliphatic heterocycles. The molecular weight excluding hydrogens is 374 g/mol. The number of hydrogen-bond donors (Lipinski definition) is 4. The Kier molecular flexibility index (Phi) is 4.49. The van der Waals surface area contributed by atoms with Crippen molar-refractivity contribution >= 4 is 28.5 Å².